The molecular formula is C15H15N3O2S. The lowest BCUT2D eigenvalue weighted by Crippen LogP contribution is -2.05. The molecule has 108 valence electrons. The summed E-state index contributed by atoms with van der Waals surface area (Å²) in [5.74, 6) is -0.856. The number of carbonyl (C=O) groups is 1. The molecule has 0 aliphatic heterocycles. The molecule has 21 heavy (non-hydrogen) atoms. The molecule has 3 N–H and O–H groups in total. The average Bonchev–Trinajstić information content (AvgIpc) is 3.06. The molecule has 1 aromatic carbocycles. The molecule has 5 nitrogen and oxygen atoms in total. The lowest BCUT2D eigenvalue weighted by Gasteiger charge is -2.01. The number of fused-ring (bicyclic) bond motifs is 1. The Morgan fingerprint density at radius 1 is 1.38 bits per heavy atom. The molecular weight excluding hydrogens is 286 g/mol. The zero-order valence-electron chi connectivity index (χ0n) is 11.3. The fourth-order valence-corrected chi connectivity index (χ4v) is 3.01. The molecule has 0 bridgehead atoms. The van der Waals surface area contributed by atoms with E-state index >= 15 is 0 Å². The van der Waals surface area contributed by atoms with Crippen LogP contribution in [0.5, 0.6) is 0 Å². The Balaban J connectivity index is 1.58. The van der Waals surface area contributed by atoms with Crippen molar-refractivity contribution in [3.8, 4) is 0 Å². The Labute approximate surface area is 125 Å². The lowest BCUT2D eigenvalue weighted by atomic mass is 10.1. The molecule has 3 aromatic rings. The van der Waals surface area contributed by atoms with Gasteiger partial charge in [0.25, 0.3) is 0 Å². The van der Waals surface area contributed by atoms with Crippen molar-refractivity contribution in [3.63, 3.8) is 0 Å². The number of anilines is 1. The van der Waals surface area contributed by atoms with E-state index < -0.39 is 5.97 Å². The third-order valence-corrected chi connectivity index (χ3v) is 4.08. The highest BCUT2D eigenvalue weighted by atomic mass is 32.1. The number of aromatic nitrogens is 2. The van der Waals surface area contributed by atoms with Gasteiger partial charge in [0.15, 0.2) is 5.13 Å². The smallest absolute Gasteiger partial charge is 0.309 e. The number of thiazole rings is 1. The van der Waals surface area contributed by atoms with Gasteiger partial charge in [-0.05, 0) is 18.1 Å². The van der Waals surface area contributed by atoms with E-state index in [1.54, 1.807) is 5.38 Å². The topological polar surface area (TPSA) is 78.0 Å². The number of benzene rings is 1. The van der Waals surface area contributed by atoms with Crippen LogP contribution in [0.25, 0.3) is 10.9 Å². The summed E-state index contributed by atoms with van der Waals surface area (Å²) in [6, 6.07) is 8.22. The van der Waals surface area contributed by atoms with Crippen molar-refractivity contribution >= 4 is 33.3 Å². The van der Waals surface area contributed by atoms with Gasteiger partial charge >= 0.3 is 5.97 Å². The van der Waals surface area contributed by atoms with E-state index in [4.69, 9.17) is 5.11 Å². The first-order valence-electron chi connectivity index (χ1n) is 6.67. The van der Waals surface area contributed by atoms with Gasteiger partial charge in [0.05, 0.1) is 12.1 Å². The number of aliphatic carboxylic acids is 1. The summed E-state index contributed by atoms with van der Waals surface area (Å²) < 4.78 is 0. The van der Waals surface area contributed by atoms with Crippen LogP contribution in [-0.4, -0.2) is 27.6 Å². The second kappa shape index (κ2) is 5.97. The first kappa shape index (κ1) is 13.6. The molecule has 0 aliphatic carbocycles. The highest BCUT2D eigenvalue weighted by molar-refractivity contribution is 7.13. The van der Waals surface area contributed by atoms with E-state index in [0.29, 0.717) is 5.69 Å². The summed E-state index contributed by atoms with van der Waals surface area (Å²) in [6.07, 6.45) is 2.89. The molecule has 0 saturated carbocycles. The molecule has 0 fully saturated rings. The number of carboxylic acid groups (broad SMARTS) is 1. The normalized spacial score (nSPS) is 10.9. The number of carboxylic acids is 1. The van der Waals surface area contributed by atoms with Gasteiger partial charge in [-0.25, -0.2) is 4.98 Å². The van der Waals surface area contributed by atoms with Crippen LogP contribution in [0, 0.1) is 0 Å². The molecule has 2 heterocycles. The van der Waals surface area contributed by atoms with Gasteiger partial charge < -0.3 is 15.4 Å². The molecule has 0 atom stereocenters. The second-order valence-electron chi connectivity index (χ2n) is 4.75. The molecule has 3 rings (SSSR count). The molecule has 0 unspecified atom stereocenters. The minimum absolute atomic E-state index is 0.0272. The SMILES string of the molecule is O=C(O)Cc1csc(NCCc2c[nH]c3ccccc23)n1. The van der Waals surface area contributed by atoms with Crippen LogP contribution in [0.1, 0.15) is 11.3 Å². The fourth-order valence-electron chi connectivity index (χ4n) is 2.27. The third kappa shape index (κ3) is 3.22. The van der Waals surface area contributed by atoms with Crippen LogP contribution in [0.15, 0.2) is 35.8 Å². The van der Waals surface area contributed by atoms with Crippen LogP contribution in [-0.2, 0) is 17.6 Å². The number of nitrogens with zero attached hydrogens (tertiary/aromatic N) is 1. The largest absolute Gasteiger partial charge is 0.481 e. The van der Waals surface area contributed by atoms with Crippen LogP contribution >= 0.6 is 11.3 Å². The molecule has 0 amide bonds. The van der Waals surface area contributed by atoms with Crippen LogP contribution in [0.3, 0.4) is 0 Å². The predicted octanol–water partition coefficient (Wildman–Crippen LogP) is 2.91. The number of nitrogens with one attached hydrogen (secondary N) is 2. The maximum absolute atomic E-state index is 10.6. The standard InChI is InChI=1S/C15H15N3O2S/c19-14(20)7-11-9-21-15(18-11)16-6-5-10-8-17-13-4-2-1-3-12(10)13/h1-4,8-9,17H,5-7H2,(H,16,18)(H,19,20). The Kier molecular flexibility index (Phi) is 3.87. The number of para-hydroxylation sites is 1. The number of H-pyrrole nitrogens is 1. The third-order valence-electron chi connectivity index (χ3n) is 3.23. The van der Waals surface area contributed by atoms with Crippen molar-refractivity contribution in [3.05, 3.63) is 47.1 Å². The molecule has 0 saturated heterocycles. The molecule has 0 spiro atoms. The molecule has 0 aliphatic rings. The number of aromatic amines is 1. The van der Waals surface area contributed by atoms with E-state index in [1.807, 2.05) is 18.3 Å². The van der Waals surface area contributed by atoms with E-state index in [9.17, 15) is 4.79 Å². The van der Waals surface area contributed by atoms with Gasteiger partial charge in [0, 0.05) is 29.0 Å². The van der Waals surface area contributed by atoms with E-state index in [1.165, 1.54) is 22.3 Å². The van der Waals surface area contributed by atoms with Crippen molar-refractivity contribution < 1.29 is 9.90 Å². The molecule has 2 aromatic heterocycles. The van der Waals surface area contributed by atoms with Gasteiger partial charge in [-0.1, -0.05) is 18.2 Å². The monoisotopic (exact) mass is 301 g/mol. The summed E-state index contributed by atoms with van der Waals surface area (Å²) >= 11 is 1.44. The first-order valence-corrected chi connectivity index (χ1v) is 7.55. The summed E-state index contributed by atoms with van der Waals surface area (Å²) in [6.45, 7) is 0.766. The van der Waals surface area contributed by atoms with Crippen LogP contribution in [0.4, 0.5) is 5.13 Å². The van der Waals surface area contributed by atoms with Crippen molar-refractivity contribution in [2.45, 2.75) is 12.8 Å². The average molecular weight is 301 g/mol. The van der Waals surface area contributed by atoms with E-state index in [-0.39, 0.29) is 6.42 Å². The summed E-state index contributed by atoms with van der Waals surface area (Å²) in [5.41, 5.74) is 3.01. The van der Waals surface area contributed by atoms with Crippen LogP contribution < -0.4 is 5.32 Å². The Bertz CT molecular complexity index is 763. The Morgan fingerprint density at radius 3 is 3.10 bits per heavy atom. The van der Waals surface area contributed by atoms with E-state index in [2.05, 4.69) is 27.4 Å². The molecule has 6 heteroatoms. The summed E-state index contributed by atoms with van der Waals surface area (Å²) in [4.78, 5) is 18.1. The quantitative estimate of drug-likeness (QED) is 0.654. The zero-order valence-corrected chi connectivity index (χ0v) is 12.1. The lowest BCUT2D eigenvalue weighted by molar-refractivity contribution is -0.136. The minimum atomic E-state index is -0.856. The van der Waals surface area contributed by atoms with Gasteiger partial charge in [-0.15, -0.1) is 11.3 Å². The Morgan fingerprint density at radius 2 is 2.24 bits per heavy atom. The fraction of sp³-hybridized carbons (Fsp3) is 0.200. The number of rotatable bonds is 6. The van der Waals surface area contributed by atoms with Gasteiger partial charge in [0.1, 0.15) is 0 Å². The van der Waals surface area contributed by atoms with E-state index in [0.717, 1.165) is 23.6 Å². The Hall–Kier alpha value is -2.34. The molecule has 0 radical (unpaired) electrons. The maximum Gasteiger partial charge on any atom is 0.309 e. The predicted molar refractivity (Wildman–Crippen MR) is 83.9 cm³/mol. The van der Waals surface area contributed by atoms with Crippen molar-refractivity contribution in [2.24, 2.45) is 0 Å². The summed E-state index contributed by atoms with van der Waals surface area (Å²) in [7, 11) is 0. The van der Waals surface area contributed by atoms with Crippen LogP contribution in [0.2, 0.25) is 0 Å². The number of hydrogen-bond acceptors (Lipinski definition) is 4. The van der Waals surface area contributed by atoms with Crippen molar-refractivity contribution in [1.29, 1.82) is 0 Å². The van der Waals surface area contributed by atoms with Crippen molar-refractivity contribution in [1.82, 2.24) is 9.97 Å². The summed E-state index contributed by atoms with van der Waals surface area (Å²) in [5, 5.41) is 15.8. The highest BCUT2D eigenvalue weighted by Crippen LogP contribution is 2.19. The zero-order chi connectivity index (χ0) is 14.7. The highest BCUT2D eigenvalue weighted by Gasteiger charge is 2.06. The van der Waals surface area contributed by atoms with Gasteiger partial charge in [-0.3, -0.25) is 4.79 Å². The second-order valence-corrected chi connectivity index (χ2v) is 5.61. The van der Waals surface area contributed by atoms with Gasteiger partial charge in [0.2, 0.25) is 0 Å². The van der Waals surface area contributed by atoms with Crippen molar-refractivity contribution in [2.75, 3.05) is 11.9 Å². The number of hydrogen-bond donors (Lipinski definition) is 3. The maximum atomic E-state index is 10.6. The first-order chi connectivity index (χ1) is 10.2. The van der Waals surface area contributed by atoms with Gasteiger partial charge in [-0.2, -0.15) is 0 Å². The minimum Gasteiger partial charge on any atom is -0.481 e.